The maximum Gasteiger partial charge on any atom is 0.507 e. The molecule has 0 fully saturated rings. The number of aromatic amines is 2. The van der Waals surface area contributed by atoms with Gasteiger partial charge in [0.05, 0.1) is 30.2 Å². The average molecular weight is 777 g/mol. The van der Waals surface area contributed by atoms with Crippen LogP contribution in [0.25, 0.3) is 11.4 Å². The van der Waals surface area contributed by atoms with Crippen LogP contribution >= 0.6 is 11.6 Å². The Bertz CT molecular complexity index is 2020. The molecule has 12 nitrogen and oxygen atoms in total. The van der Waals surface area contributed by atoms with Crippen molar-refractivity contribution in [1.82, 2.24) is 40.2 Å². The molecule has 0 atom stereocenters. The van der Waals surface area contributed by atoms with Crippen molar-refractivity contribution in [3.63, 3.8) is 0 Å². The van der Waals surface area contributed by atoms with Crippen LogP contribution in [0.15, 0.2) is 109 Å². The summed E-state index contributed by atoms with van der Waals surface area (Å²) in [5, 5.41) is 30.0. The number of H-pyrrole nitrogens is 2. The van der Waals surface area contributed by atoms with Crippen molar-refractivity contribution in [1.29, 1.82) is 0 Å². The number of ether oxygens (including phenoxy) is 2. The average Bonchev–Trinajstić information content (AvgIpc) is 3.98. The predicted molar refractivity (Wildman–Crippen MR) is 220 cm³/mol. The van der Waals surface area contributed by atoms with Crippen LogP contribution in [0.3, 0.4) is 0 Å². The number of unbranched alkanes of at least 4 members (excludes halogenated alkanes) is 2. The third-order valence-electron chi connectivity index (χ3n) is 9.65. The van der Waals surface area contributed by atoms with Crippen LogP contribution in [0.4, 0.5) is 0 Å². The summed E-state index contributed by atoms with van der Waals surface area (Å²) in [5.41, 5.74) is 8.05. The van der Waals surface area contributed by atoms with Gasteiger partial charge in [0, 0.05) is 50.7 Å². The van der Waals surface area contributed by atoms with Gasteiger partial charge < -0.3 is 19.5 Å². The molecule has 4 aromatic heterocycles. The first-order chi connectivity index (χ1) is 27.5. The number of fused-ring (bicyclic) bond motifs is 2. The molecular weight excluding hydrogens is 727 g/mol. The first-order valence-electron chi connectivity index (χ1n) is 19.3. The molecule has 0 amide bonds. The van der Waals surface area contributed by atoms with Gasteiger partial charge in [-0.05, 0) is 98.1 Å². The highest BCUT2D eigenvalue weighted by Crippen LogP contribution is 2.21. The smallest absolute Gasteiger partial charge is 0.478 e. The Morgan fingerprint density at radius 2 is 1.16 bits per heavy atom. The summed E-state index contributed by atoms with van der Waals surface area (Å²) in [6.45, 7) is 8.11. The van der Waals surface area contributed by atoms with Crippen LogP contribution in [-0.2, 0) is 25.9 Å². The van der Waals surface area contributed by atoms with Crippen molar-refractivity contribution in [2.45, 2.75) is 51.6 Å². The van der Waals surface area contributed by atoms with E-state index in [1.807, 2.05) is 36.4 Å². The molecule has 8 rings (SSSR count). The molecule has 4 N–H and O–H groups in total. The minimum atomic E-state index is -1.43. The zero-order valence-electron chi connectivity index (χ0n) is 31.6. The second-order valence-electron chi connectivity index (χ2n) is 13.7. The Labute approximate surface area is 334 Å². The van der Waals surface area contributed by atoms with E-state index in [4.69, 9.17) is 31.1 Å². The molecule has 0 radical (unpaired) electrons. The monoisotopic (exact) mass is 776 g/mol. The third-order valence-corrected chi connectivity index (χ3v) is 9.86. The van der Waals surface area contributed by atoms with E-state index in [1.165, 1.54) is 40.9 Å². The number of benzene rings is 2. The Morgan fingerprint density at radius 3 is 1.68 bits per heavy atom. The number of nitrogens with one attached hydrogen (secondary N) is 2. The summed E-state index contributed by atoms with van der Waals surface area (Å²) in [4.78, 5) is 13.7. The van der Waals surface area contributed by atoms with Gasteiger partial charge in [-0.15, -0.1) is 0 Å². The van der Waals surface area contributed by atoms with E-state index in [0.717, 1.165) is 82.8 Å². The molecule has 2 aliphatic heterocycles. The molecule has 0 bridgehead atoms. The lowest BCUT2D eigenvalue weighted by Crippen LogP contribution is -2.31. The summed E-state index contributed by atoms with van der Waals surface area (Å²) >= 11 is 5.83. The van der Waals surface area contributed by atoms with Crippen molar-refractivity contribution in [3.05, 3.63) is 137 Å². The summed E-state index contributed by atoms with van der Waals surface area (Å²) in [6.07, 6.45) is 9.86. The van der Waals surface area contributed by atoms with Gasteiger partial charge in [0.15, 0.2) is 0 Å². The van der Waals surface area contributed by atoms with Crippen molar-refractivity contribution < 1.29 is 19.5 Å². The minimum Gasteiger partial charge on any atom is -0.478 e. The van der Waals surface area contributed by atoms with E-state index < -0.39 is 7.12 Å². The Morgan fingerprint density at radius 1 is 0.607 bits per heavy atom. The number of hydrogen-bond acceptors (Lipinski definition) is 10. The quantitative estimate of drug-likeness (QED) is 0.0614. The summed E-state index contributed by atoms with van der Waals surface area (Å²) in [6, 6.07) is 32.2. The highest BCUT2D eigenvalue weighted by molar-refractivity contribution is 6.57. The second kappa shape index (κ2) is 21.9. The lowest BCUT2D eigenvalue weighted by atomic mass is 9.87. The lowest BCUT2D eigenvalue weighted by molar-refractivity contribution is 0.233. The maximum atomic E-state index is 8.40. The fourth-order valence-electron chi connectivity index (χ4n) is 6.64. The van der Waals surface area contributed by atoms with Gasteiger partial charge in [0.25, 0.3) is 0 Å². The van der Waals surface area contributed by atoms with Crippen LogP contribution in [0.2, 0.25) is 5.15 Å². The highest BCUT2D eigenvalue weighted by atomic mass is 35.5. The van der Waals surface area contributed by atoms with Gasteiger partial charge in [-0.2, -0.15) is 10.2 Å². The molecule has 0 saturated carbocycles. The topological polar surface area (TPSA) is 149 Å². The van der Waals surface area contributed by atoms with Gasteiger partial charge in [-0.25, -0.2) is 9.97 Å². The van der Waals surface area contributed by atoms with E-state index in [1.54, 1.807) is 12.3 Å². The molecule has 14 heteroatoms. The molecule has 0 aliphatic carbocycles. The summed E-state index contributed by atoms with van der Waals surface area (Å²) < 4.78 is 11.4. The minimum absolute atomic E-state index is 0.310. The molecule has 2 aromatic carbocycles. The van der Waals surface area contributed by atoms with Crippen LogP contribution in [0, 0.1) is 0 Å². The third kappa shape index (κ3) is 13.0. The Kier molecular flexibility index (Phi) is 15.9. The van der Waals surface area contributed by atoms with Gasteiger partial charge >= 0.3 is 7.12 Å². The van der Waals surface area contributed by atoms with E-state index in [-0.39, 0.29) is 0 Å². The van der Waals surface area contributed by atoms with Crippen molar-refractivity contribution in [2.24, 2.45) is 0 Å². The van der Waals surface area contributed by atoms with Gasteiger partial charge in [0.1, 0.15) is 5.15 Å². The number of halogens is 1. The summed E-state index contributed by atoms with van der Waals surface area (Å²) in [5.74, 6) is 1.28. The fourth-order valence-corrected chi connectivity index (χ4v) is 6.80. The van der Waals surface area contributed by atoms with Crippen LogP contribution in [-0.4, -0.2) is 96.7 Å². The van der Waals surface area contributed by atoms with Gasteiger partial charge in [-0.3, -0.25) is 20.0 Å². The molecule has 292 valence electrons. The van der Waals surface area contributed by atoms with E-state index in [2.05, 4.69) is 88.7 Å². The number of rotatable bonds is 14. The Balaban J connectivity index is 0.000000160. The van der Waals surface area contributed by atoms with Crippen molar-refractivity contribution in [2.75, 3.05) is 39.4 Å². The SMILES string of the molecule is Clc1cccc(OCCCCN2CCc3ccccc3C2)n1.OB(O)c1ccn[nH]1.c1cc(OCCCCN2CCc3ccccc3C2)nc(-c2ccn[nH]2)c1. The standard InChI is InChI=1S/C21H24N4O.C18H21ClN2O.C3H5BN2O2/c1-2-7-18-16-25(14-11-17(18)6-1)13-3-4-15-26-21-9-5-8-19(23-21)20-10-12-22-24-20;19-17-8-5-9-18(20-17)22-13-4-3-11-21-12-10-15-6-1-2-7-16(15)14-21;7-4(8)3-1-2-5-6-3/h1-2,5-10,12H,3-4,11,13-16H2,(H,22,24);1-2,5-9H,3-4,10-14H2;1-2,7-8H,(H,5,6). The lowest BCUT2D eigenvalue weighted by Gasteiger charge is -2.28. The molecule has 6 heterocycles. The number of aromatic nitrogens is 6. The maximum absolute atomic E-state index is 8.40. The van der Waals surface area contributed by atoms with Gasteiger partial charge in [-0.1, -0.05) is 72.3 Å². The van der Waals surface area contributed by atoms with E-state index >= 15 is 0 Å². The van der Waals surface area contributed by atoms with Crippen LogP contribution < -0.4 is 15.1 Å². The fraction of sp³-hybridized carbons (Fsp3) is 0.333. The molecule has 0 unspecified atom stereocenters. The van der Waals surface area contributed by atoms with Crippen molar-refractivity contribution in [3.8, 4) is 23.1 Å². The van der Waals surface area contributed by atoms with E-state index in [0.29, 0.717) is 35.7 Å². The van der Waals surface area contributed by atoms with Crippen LogP contribution in [0.5, 0.6) is 11.8 Å². The normalized spacial score (nSPS) is 13.6. The molecular formula is C42H50BClN8O4. The highest BCUT2D eigenvalue weighted by Gasteiger charge is 2.16. The van der Waals surface area contributed by atoms with Gasteiger partial charge in [0.2, 0.25) is 11.8 Å². The summed E-state index contributed by atoms with van der Waals surface area (Å²) in [7, 11) is -1.43. The molecule has 56 heavy (non-hydrogen) atoms. The van der Waals surface area contributed by atoms with E-state index in [9.17, 15) is 0 Å². The first-order valence-corrected chi connectivity index (χ1v) is 19.7. The molecule has 6 aromatic rings. The second-order valence-corrected chi connectivity index (χ2v) is 14.1. The van der Waals surface area contributed by atoms with Crippen molar-refractivity contribution >= 4 is 24.3 Å². The van der Waals surface area contributed by atoms with Crippen LogP contribution in [0.1, 0.15) is 47.9 Å². The zero-order chi connectivity index (χ0) is 38.8. The molecule has 0 saturated heterocycles. The first kappa shape index (κ1) is 40.6. The predicted octanol–water partition coefficient (Wildman–Crippen LogP) is 5.73. The molecule has 0 spiro atoms. The number of nitrogens with zero attached hydrogens (tertiary/aromatic N) is 6. The largest absolute Gasteiger partial charge is 0.507 e. The number of pyridine rings is 2. The molecule has 2 aliphatic rings. The Hall–Kier alpha value is -5.05. The number of hydrogen-bond donors (Lipinski definition) is 4. The zero-order valence-corrected chi connectivity index (χ0v) is 32.4.